The van der Waals surface area contributed by atoms with Gasteiger partial charge in [-0.2, -0.15) is 0 Å². The molecule has 1 unspecified atom stereocenters. The van der Waals surface area contributed by atoms with E-state index in [1.165, 1.54) is 24.8 Å². The predicted octanol–water partition coefficient (Wildman–Crippen LogP) is 3.98. The van der Waals surface area contributed by atoms with Crippen molar-refractivity contribution in [2.45, 2.75) is 38.7 Å². The van der Waals surface area contributed by atoms with Crippen LogP contribution in [-0.2, 0) is 0 Å². The lowest BCUT2D eigenvalue weighted by Gasteiger charge is -2.11. The molecular weight excluding hydrogens is 252 g/mol. The fourth-order valence-electron chi connectivity index (χ4n) is 1.92. The fraction of sp³-hybridized carbons (Fsp3) is 0.538. The minimum atomic E-state index is -0.290. The highest BCUT2D eigenvalue weighted by Gasteiger charge is 2.22. The molecule has 1 aromatic carbocycles. The second-order valence-corrected chi connectivity index (χ2v) is 5.51. The van der Waals surface area contributed by atoms with Crippen molar-refractivity contribution in [3.63, 3.8) is 0 Å². The molecule has 2 heteroatoms. The third-order valence-electron chi connectivity index (χ3n) is 2.99. The van der Waals surface area contributed by atoms with Crippen molar-refractivity contribution < 1.29 is 5.11 Å². The molecule has 0 aromatic heterocycles. The summed E-state index contributed by atoms with van der Waals surface area (Å²) in [5.74, 6) is 0.896. The number of benzene rings is 1. The van der Waals surface area contributed by atoms with E-state index in [0.29, 0.717) is 0 Å². The van der Waals surface area contributed by atoms with E-state index < -0.39 is 0 Å². The second kappa shape index (κ2) is 4.67. The van der Waals surface area contributed by atoms with Gasteiger partial charge in [0.05, 0.1) is 6.10 Å². The Bertz CT molecular complexity index is 324. The number of aryl methyl sites for hydroxylation is 1. The van der Waals surface area contributed by atoms with Crippen LogP contribution in [0, 0.1) is 12.8 Å². The molecule has 82 valence electrons. The van der Waals surface area contributed by atoms with Crippen LogP contribution in [0.5, 0.6) is 0 Å². The molecule has 0 saturated heterocycles. The lowest BCUT2D eigenvalue weighted by atomic mass is 10.0. The van der Waals surface area contributed by atoms with E-state index in [-0.39, 0.29) is 6.10 Å². The maximum atomic E-state index is 10.0. The summed E-state index contributed by atoms with van der Waals surface area (Å²) in [6, 6.07) is 6.16. The lowest BCUT2D eigenvalue weighted by Crippen LogP contribution is -1.98. The van der Waals surface area contributed by atoms with Gasteiger partial charge in [-0.25, -0.2) is 0 Å². The molecule has 0 heterocycles. The molecule has 1 atom stereocenters. The minimum absolute atomic E-state index is 0.290. The average molecular weight is 269 g/mol. The Kier molecular flexibility index (Phi) is 3.47. The second-order valence-electron chi connectivity index (χ2n) is 4.60. The molecule has 1 saturated carbocycles. The maximum absolute atomic E-state index is 10.0. The van der Waals surface area contributed by atoms with Crippen LogP contribution >= 0.6 is 15.9 Å². The zero-order valence-electron chi connectivity index (χ0n) is 9.04. The molecular formula is C13H17BrO. The first kappa shape index (κ1) is 11.2. The van der Waals surface area contributed by atoms with Crippen molar-refractivity contribution in [1.29, 1.82) is 0 Å². The zero-order chi connectivity index (χ0) is 10.8. The van der Waals surface area contributed by atoms with Crippen LogP contribution in [-0.4, -0.2) is 5.11 Å². The van der Waals surface area contributed by atoms with E-state index in [2.05, 4.69) is 35.0 Å². The van der Waals surface area contributed by atoms with Gasteiger partial charge in [0.2, 0.25) is 0 Å². The lowest BCUT2D eigenvalue weighted by molar-refractivity contribution is 0.162. The van der Waals surface area contributed by atoms with Gasteiger partial charge in [0.25, 0.3) is 0 Å². The Morgan fingerprint density at radius 3 is 2.73 bits per heavy atom. The Morgan fingerprint density at radius 1 is 1.40 bits per heavy atom. The number of halogens is 1. The van der Waals surface area contributed by atoms with E-state index in [1.807, 2.05) is 6.07 Å². The normalized spacial score (nSPS) is 17.8. The number of hydrogen-bond donors (Lipinski definition) is 1. The molecule has 2 rings (SSSR count). The van der Waals surface area contributed by atoms with Gasteiger partial charge in [0.1, 0.15) is 0 Å². The SMILES string of the molecule is Cc1cc(Br)cc(C(O)CCC2CC2)c1. The van der Waals surface area contributed by atoms with Crippen molar-refractivity contribution in [3.05, 3.63) is 33.8 Å². The molecule has 1 fully saturated rings. The topological polar surface area (TPSA) is 20.2 Å². The van der Waals surface area contributed by atoms with Gasteiger partial charge in [-0.15, -0.1) is 0 Å². The Labute approximate surface area is 99.6 Å². The monoisotopic (exact) mass is 268 g/mol. The van der Waals surface area contributed by atoms with Crippen LogP contribution < -0.4 is 0 Å². The number of hydrogen-bond acceptors (Lipinski definition) is 1. The quantitative estimate of drug-likeness (QED) is 0.876. The summed E-state index contributed by atoms with van der Waals surface area (Å²) in [6.45, 7) is 2.06. The van der Waals surface area contributed by atoms with E-state index in [0.717, 1.165) is 22.4 Å². The summed E-state index contributed by atoms with van der Waals surface area (Å²) in [5.41, 5.74) is 2.24. The summed E-state index contributed by atoms with van der Waals surface area (Å²) in [6.07, 6.45) is 4.52. The molecule has 0 radical (unpaired) electrons. The van der Waals surface area contributed by atoms with Gasteiger partial charge in [0, 0.05) is 4.47 Å². The molecule has 1 nitrogen and oxygen atoms in total. The first-order valence-corrected chi connectivity index (χ1v) is 6.39. The summed E-state index contributed by atoms with van der Waals surface area (Å²) >= 11 is 3.46. The standard InChI is InChI=1S/C13H17BrO/c1-9-6-11(8-12(14)7-9)13(15)5-4-10-2-3-10/h6-8,10,13,15H,2-5H2,1H3. The van der Waals surface area contributed by atoms with Crippen molar-refractivity contribution in [1.82, 2.24) is 0 Å². The average Bonchev–Trinajstić information content (AvgIpc) is 2.96. The van der Waals surface area contributed by atoms with Crippen LogP contribution in [0.3, 0.4) is 0 Å². The number of rotatable bonds is 4. The van der Waals surface area contributed by atoms with Crippen molar-refractivity contribution >= 4 is 15.9 Å². The van der Waals surface area contributed by atoms with Crippen molar-refractivity contribution in [3.8, 4) is 0 Å². The van der Waals surface area contributed by atoms with Gasteiger partial charge in [0.15, 0.2) is 0 Å². The summed E-state index contributed by atoms with van der Waals surface area (Å²) < 4.78 is 1.06. The first-order valence-electron chi connectivity index (χ1n) is 5.60. The molecule has 1 aromatic rings. The number of aliphatic hydroxyl groups excluding tert-OH is 1. The van der Waals surface area contributed by atoms with E-state index >= 15 is 0 Å². The van der Waals surface area contributed by atoms with Gasteiger partial charge >= 0.3 is 0 Å². The summed E-state index contributed by atoms with van der Waals surface area (Å²) in [7, 11) is 0. The van der Waals surface area contributed by atoms with Gasteiger partial charge < -0.3 is 5.11 Å². The van der Waals surface area contributed by atoms with Gasteiger partial charge in [-0.3, -0.25) is 0 Å². The highest BCUT2D eigenvalue weighted by atomic mass is 79.9. The Morgan fingerprint density at radius 2 is 2.13 bits per heavy atom. The smallest absolute Gasteiger partial charge is 0.0790 e. The highest BCUT2D eigenvalue weighted by molar-refractivity contribution is 9.10. The summed E-state index contributed by atoms with van der Waals surface area (Å²) in [5, 5.41) is 10.0. The van der Waals surface area contributed by atoms with Crippen LogP contribution in [0.1, 0.15) is 42.9 Å². The van der Waals surface area contributed by atoms with Crippen LogP contribution in [0.4, 0.5) is 0 Å². The molecule has 0 bridgehead atoms. The third kappa shape index (κ3) is 3.32. The third-order valence-corrected chi connectivity index (χ3v) is 3.45. The van der Waals surface area contributed by atoms with Gasteiger partial charge in [-0.1, -0.05) is 34.8 Å². The molecule has 0 spiro atoms. The Hall–Kier alpha value is -0.340. The molecule has 15 heavy (non-hydrogen) atoms. The largest absolute Gasteiger partial charge is 0.388 e. The molecule has 1 N–H and O–H groups in total. The van der Waals surface area contributed by atoms with Crippen LogP contribution in [0.2, 0.25) is 0 Å². The van der Waals surface area contributed by atoms with Crippen LogP contribution in [0.15, 0.2) is 22.7 Å². The van der Waals surface area contributed by atoms with E-state index in [9.17, 15) is 5.11 Å². The van der Waals surface area contributed by atoms with E-state index in [1.54, 1.807) is 0 Å². The predicted molar refractivity (Wildman–Crippen MR) is 65.8 cm³/mol. The highest BCUT2D eigenvalue weighted by Crippen LogP contribution is 2.36. The zero-order valence-corrected chi connectivity index (χ0v) is 10.6. The van der Waals surface area contributed by atoms with E-state index in [4.69, 9.17) is 0 Å². The molecule has 1 aliphatic rings. The van der Waals surface area contributed by atoms with Crippen LogP contribution in [0.25, 0.3) is 0 Å². The van der Waals surface area contributed by atoms with Crippen molar-refractivity contribution in [2.24, 2.45) is 5.92 Å². The molecule has 0 amide bonds. The molecule has 1 aliphatic carbocycles. The molecule has 0 aliphatic heterocycles. The summed E-state index contributed by atoms with van der Waals surface area (Å²) in [4.78, 5) is 0. The minimum Gasteiger partial charge on any atom is -0.388 e. The number of aliphatic hydroxyl groups is 1. The maximum Gasteiger partial charge on any atom is 0.0790 e. The Balaban J connectivity index is 1.99. The van der Waals surface area contributed by atoms with Crippen molar-refractivity contribution in [2.75, 3.05) is 0 Å². The fourth-order valence-corrected chi connectivity index (χ4v) is 2.55. The first-order chi connectivity index (χ1) is 7.15. The van der Waals surface area contributed by atoms with Gasteiger partial charge in [-0.05, 0) is 48.9 Å².